The van der Waals surface area contributed by atoms with Crippen LogP contribution in [-0.2, 0) is 11.2 Å². The highest BCUT2D eigenvalue weighted by atomic mass is 16.3. The van der Waals surface area contributed by atoms with Crippen molar-refractivity contribution in [1.29, 1.82) is 0 Å². The van der Waals surface area contributed by atoms with E-state index in [9.17, 15) is 9.90 Å². The lowest BCUT2D eigenvalue weighted by Gasteiger charge is -2.42. The lowest BCUT2D eigenvalue weighted by Crippen LogP contribution is -2.53. The van der Waals surface area contributed by atoms with Crippen molar-refractivity contribution in [3.63, 3.8) is 0 Å². The molecule has 0 unspecified atom stereocenters. The zero-order chi connectivity index (χ0) is 14.1. The molecule has 0 spiro atoms. The van der Waals surface area contributed by atoms with Crippen LogP contribution in [0, 0.1) is 5.41 Å². The first-order valence-electron chi connectivity index (χ1n) is 7.67. The van der Waals surface area contributed by atoms with Gasteiger partial charge in [-0.15, -0.1) is 0 Å². The Morgan fingerprint density at radius 1 is 1.10 bits per heavy atom. The number of nitrogens with one attached hydrogen (secondary N) is 1. The van der Waals surface area contributed by atoms with E-state index < -0.39 is 5.60 Å². The molecule has 2 aliphatic rings. The first-order valence-corrected chi connectivity index (χ1v) is 7.67. The summed E-state index contributed by atoms with van der Waals surface area (Å²) >= 11 is 0. The standard InChI is InChI=1S/C17H23NO2/c19-15(18-13-17(20)10-5-11-17)16(8-4-9-16)12-14-6-2-1-3-7-14/h1-3,6-7,20H,4-5,8-13H2,(H,18,19). The second kappa shape index (κ2) is 5.21. The van der Waals surface area contributed by atoms with Crippen molar-refractivity contribution in [3.05, 3.63) is 35.9 Å². The number of rotatable bonds is 5. The summed E-state index contributed by atoms with van der Waals surface area (Å²) in [6.45, 7) is 0.419. The summed E-state index contributed by atoms with van der Waals surface area (Å²) in [7, 11) is 0. The maximum absolute atomic E-state index is 12.5. The molecule has 20 heavy (non-hydrogen) atoms. The average molecular weight is 273 g/mol. The maximum atomic E-state index is 12.5. The van der Waals surface area contributed by atoms with Gasteiger partial charge in [0.25, 0.3) is 0 Å². The second-order valence-electron chi connectivity index (χ2n) is 6.56. The van der Waals surface area contributed by atoms with Crippen LogP contribution in [0.4, 0.5) is 0 Å². The fraction of sp³-hybridized carbons (Fsp3) is 0.588. The molecule has 108 valence electrons. The van der Waals surface area contributed by atoms with Crippen LogP contribution in [0.3, 0.4) is 0 Å². The van der Waals surface area contributed by atoms with Crippen molar-refractivity contribution in [1.82, 2.24) is 5.32 Å². The summed E-state index contributed by atoms with van der Waals surface area (Å²) in [5.41, 5.74) is 0.360. The Morgan fingerprint density at radius 3 is 2.25 bits per heavy atom. The van der Waals surface area contributed by atoms with Gasteiger partial charge in [0.1, 0.15) is 0 Å². The van der Waals surface area contributed by atoms with E-state index in [1.54, 1.807) is 0 Å². The summed E-state index contributed by atoms with van der Waals surface area (Å²) in [5.74, 6) is 0.132. The number of benzene rings is 1. The Balaban J connectivity index is 1.61. The van der Waals surface area contributed by atoms with Crippen LogP contribution < -0.4 is 5.32 Å². The molecule has 0 aromatic heterocycles. The van der Waals surface area contributed by atoms with Crippen LogP contribution in [0.15, 0.2) is 30.3 Å². The Morgan fingerprint density at radius 2 is 1.75 bits per heavy atom. The Kier molecular flexibility index (Phi) is 3.55. The van der Waals surface area contributed by atoms with Crippen LogP contribution >= 0.6 is 0 Å². The average Bonchev–Trinajstić information content (AvgIpc) is 2.39. The van der Waals surface area contributed by atoms with Crippen molar-refractivity contribution in [2.75, 3.05) is 6.54 Å². The van der Waals surface area contributed by atoms with Gasteiger partial charge < -0.3 is 10.4 Å². The van der Waals surface area contributed by atoms with Crippen LogP contribution in [0.25, 0.3) is 0 Å². The third-order valence-corrected chi connectivity index (χ3v) is 5.04. The highest BCUT2D eigenvalue weighted by Crippen LogP contribution is 2.44. The van der Waals surface area contributed by atoms with Gasteiger partial charge in [-0.25, -0.2) is 0 Å². The molecule has 3 nitrogen and oxygen atoms in total. The summed E-state index contributed by atoms with van der Waals surface area (Å²) < 4.78 is 0. The van der Waals surface area contributed by atoms with E-state index in [-0.39, 0.29) is 11.3 Å². The molecular formula is C17H23NO2. The topological polar surface area (TPSA) is 49.3 Å². The molecule has 2 saturated carbocycles. The number of carbonyl (C=O) groups is 1. The maximum Gasteiger partial charge on any atom is 0.226 e. The fourth-order valence-corrected chi connectivity index (χ4v) is 3.27. The SMILES string of the molecule is O=C(NCC1(O)CCC1)C1(Cc2ccccc2)CCC1. The highest BCUT2D eigenvalue weighted by Gasteiger charge is 2.45. The smallest absolute Gasteiger partial charge is 0.226 e. The normalized spacial score (nSPS) is 22.4. The van der Waals surface area contributed by atoms with Gasteiger partial charge in [-0.3, -0.25) is 4.79 Å². The Hall–Kier alpha value is -1.35. The van der Waals surface area contributed by atoms with E-state index in [1.807, 2.05) is 18.2 Å². The van der Waals surface area contributed by atoms with Crippen LogP contribution in [-0.4, -0.2) is 23.2 Å². The molecule has 0 heterocycles. The van der Waals surface area contributed by atoms with Gasteiger partial charge in [0.2, 0.25) is 5.91 Å². The molecule has 0 atom stereocenters. The molecule has 1 amide bonds. The summed E-state index contributed by atoms with van der Waals surface area (Å²) in [6, 6.07) is 10.2. The number of aliphatic hydroxyl groups is 1. The summed E-state index contributed by atoms with van der Waals surface area (Å²) in [4.78, 5) is 12.5. The molecular weight excluding hydrogens is 250 g/mol. The zero-order valence-corrected chi connectivity index (χ0v) is 11.9. The number of carbonyl (C=O) groups excluding carboxylic acids is 1. The molecule has 2 fully saturated rings. The van der Waals surface area contributed by atoms with Crippen molar-refractivity contribution in [2.45, 2.75) is 50.5 Å². The minimum absolute atomic E-state index is 0.132. The first-order chi connectivity index (χ1) is 9.62. The largest absolute Gasteiger partial charge is 0.388 e. The minimum atomic E-state index is -0.632. The van der Waals surface area contributed by atoms with Gasteiger partial charge in [0, 0.05) is 6.54 Å². The van der Waals surface area contributed by atoms with Gasteiger partial charge in [-0.2, -0.15) is 0 Å². The molecule has 3 heteroatoms. The van der Waals surface area contributed by atoms with Gasteiger partial charge >= 0.3 is 0 Å². The summed E-state index contributed by atoms with van der Waals surface area (Å²) in [6.07, 6.45) is 6.58. The second-order valence-corrected chi connectivity index (χ2v) is 6.56. The molecule has 3 rings (SSSR count). The van der Waals surface area contributed by atoms with Crippen molar-refractivity contribution < 1.29 is 9.90 Å². The van der Waals surface area contributed by atoms with E-state index in [4.69, 9.17) is 0 Å². The quantitative estimate of drug-likeness (QED) is 0.865. The highest BCUT2D eigenvalue weighted by molar-refractivity contribution is 5.84. The van der Waals surface area contributed by atoms with Crippen LogP contribution in [0.5, 0.6) is 0 Å². The first kappa shape index (κ1) is 13.6. The molecule has 0 radical (unpaired) electrons. The molecule has 0 aliphatic heterocycles. The lowest BCUT2D eigenvalue weighted by atomic mass is 9.64. The minimum Gasteiger partial charge on any atom is -0.388 e. The van der Waals surface area contributed by atoms with Crippen molar-refractivity contribution in [3.8, 4) is 0 Å². The molecule has 2 N–H and O–H groups in total. The van der Waals surface area contributed by atoms with Gasteiger partial charge in [0.05, 0.1) is 11.0 Å². The monoisotopic (exact) mass is 273 g/mol. The van der Waals surface area contributed by atoms with Gasteiger partial charge in [0.15, 0.2) is 0 Å². The summed E-state index contributed by atoms with van der Waals surface area (Å²) in [5, 5.41) is 13.1. The molecule has 0 bridgehead atoms. The number of amides is 1. The van der Waals surface area contributed by atoms with E-state index >= 15 is 0 Å². The van der Waals surface area contributed by atoms with E-state index in [1.165, 1.54) is 5.56 Å². The Labute approximate surface area is 120 Å². The van der Waals surface area contributed by atoms with Crippen molar-refractivity contribution in [2.24, 2.45) is 5.41 Å². The van der Waals surface area contributed by atoms with Crippen LogP contribution in [0.1, 0.15) is 44.1 Å². The molecule has 0 saturated heterocycles. The Bertz CT molecular complexity index is 475. The predicted octanol–water partition coefficient (Wildman–Crippen LogP) is 2.43. The predicted molar refractivity (Wildman–Crippen MR) is 78.2 cm³/mol. The fourth-order valence-electron chi connectivity index (χ4n) is 3.27. The molecule has 2 aliphatic carbocycles. The van der Waals surface area contributed by atoms with E-state index in [0.29, 0.717) is 6.54 Å². The zero-order valence-electron chi connectivity index (χ0n) is 11.9. The van der Waals surface area contributed by atoms with Gasteiger partial charge in [-0.1, -0.05) is 36.8 Å². The third kappa shape index (κ3) is 2.59. The molecule has 1 aromatic rings. The molecule has 1 aromatic carbocycles. The van der Waals surface area contributed by atoms with E-state index in [2.05, 4.69) is 17.4 Å². The van der Waals surface area contributed by atoms with Crippen LogP contribution in [0.2, 0.25) is 0 Å². The number of hydrogen-bond donors (Lipinski definition) is 2. The van der Waals surface area contributed by atoms with Crippen molar-refractivity contribution >= 4 is 5.91 Å². The van der Waals surface area contributed by atoms with Gasteiger partial charge in [-0.05, 0) is 44.1 Å². The van der Waals surface area contributed by atoms with E-state index in [0.717, 1.165) is 44.9 Å². The third-order valence-electron chi connectivity index (χ3n) is 5.04. The lowest BCUT2D eigenvalue weighted by molar-refractivity contribution is -0.138. The number of hydrogen-bond acceptors (Lipinski definition) is 2.